The molecule has 0 amide bonds. The second-order valence-electron chi connectivity index (χ2n) is 1.88. The predicted molar refractivity (Wildman–Crippen MR) is 44.5 cm³/mol. The van der Waals surface area contributed by atoms with Crippen LogP contribution >= 0.6 is 0 Å². The summed E-state index contributed by atoms with van der Waals surface area (Å²) in [6, 6.07) is 0. The van der Waals surface area contributed by atoms with Crippen molar-refractivity contribution in [2.75, 3.05) is 7.05 Å². The van der Waals surface area contributed by atoms with Crippen LogP contribution in [-0.4, -0.2) is 7.05 Å². The van der Waals surface area contributed by atoms with Gasteiger partial charge in [0, 0.05) is 12.7 Å². The number of hydrogen-bond donors (Lipinski definition) is 1. The number of nitrogens with one attached hydrogen (secondary N) is 1. The van der Waals surface area contributed by atoms with E-state index in [-0.39, 0.29) is 0 Å². The molecule has 0 saturated heterocycles. The van der Waals surface area contributed by atoms with E-state index in [1.165, 1.54) is 11.3 Å². The molecule has 1 nitrogen and oxygen atoms in total. The van der Waals surface area contributed by atoms with E-state index < -0.39 is 0 Å². The van der Waals surface area contributed by atoms with Crippen LogP contribution in [0.25, 0.3) is 0 Å². The van der Waals surface area contributed by atoms with Crippen LogP contribution in [0.2, 0.25) is 0 Å². The summed E-state index contributed by atoms with van der Waals surface area (Å²) in [5, 5.41) is 3.04. The molecule has 0 heterocycles. The zero-order chi connectivity index (χ0) is 7.86. The Morgan fingerprint density at radius 2 is 1.33 bits per heavy atom. The topological polar surface area (TPSA) is 12.0 Å². The minimum atomic E-state index is 1.26. The Morgan fingerprint density at radius 1 is 1.00 bits per heavy atom. The van der Waals surface area contributed by atoms with E-state index in [9.17, 15) is 0 Å². The first-order valence-electron chi connectivity index (χ1n) is 3.50. The number of rotatable bonds is 1. The fourth-order valence-corrected chi connectivity index (χ4v) is 0.250. The summed E-state index contributed by atoms with van der Waals surface area (Å²) in [6.07, 6.45) is 0. The third-order valence-electron chi connectivity index (χ3n) is 1.12. The molecular weight excluding hydrogens is 110 g/mol. The molecule has 1 N–H and O–H groups in total. The molecule has 0 radical (unpaired) electrons. The second-order valence-corrected chi connectivity index (χ2v) is 1.88. The molecule has 0 aliphatic rings. The molecule has 0 aliphatic heterocycles. The lowest BCUT2D eigenvalue weighted by Crippen LogP contribution is -2.02. The summed E-state index contributed by atoms with van der Waals surface area (Å²) < 4.78 is 0. The van der Waals surface area contributed by atoms with Gasteiger partial charge >= 0.3 is 0 Å². The van der Waals surface area contributed by atoms with Crippen LogP contribution in [0.1, 0.15) is 34.6 Å². The minimum Gasteiger partial charge on any atom is -0.392 e. The molecule has 0 fully saturated rings. The monoisotopic (exact) mass is 129 g/mol. The Kier molecular flexibility index (Phi) is 9.51. The number of allylic oxidation sites excluding steroid dienone is 2. The third-order valence-corrected chi connectivity index (χ3v) is 1.12. The van der Waals surface area contributed by atoms with Crippen LogP contribution in [0.3, 0.4) is 0 Å². The molecule has 56 valence electrons. The van der Waals surface area contributed by atoms with Gasteiger partial charge in [-0.05, 0) is 20.8 Å². The maximum atomic E-state index is 3.04. The van der Waals surface area contributed by atoms with Crippen molar-refractivity contribution in [2.24, 2.45) is 0 Å². The van der Waals surface area contributed by atoms with Crippen molar-refractivity contribution in [3.05, 3.63) is 11.3 Å². The molecule has 1 heteroatoms. The highest BCUT2D eigenvalue weighted by atomic mass is 14.8. The SMILES string of the molecule is CC.CNC(C)=C(C)C. The summed E-state index contributed by atoms with van der Waals surface area (Å²) in [7, 11) is 1.93. The third kappa shape index (κ3) is 7.54. The molecule has 0 saturated carbocycles. The van der Waals surface area contributed by atoms with E-state index in [4.69, 9.17) is 0 Å². The Hall–Kier alpha value is -0.460. The molecule has 0 aromatic heterocycles. The van der Waals surface area contributed by atoms with Crippen LogP contribution in [0.4, 0.5) is 0 Å². The average molecular weight is 129 g/mol. The predicted octanol–water partition coefficient (Wildman–Crippen LogP) is 2.55. The molecule has 9 heavy (non-hydrogen) atoms. The van der Waals surface area contributed by atoms with Gasteiger partial charge in [0.2, 0.25) is 0 Å². The van der Waals surface area contributed by atoms with Gasteiger partial charge in [-0.15, -0.1) is 0 Å². The largest absolute Gasteiger partial charge is 0.392 e. The van der Waals surface area contributed by atoms with Crippen molar-refractivity contribution in [1.82, 2.24) is 5.32 Å². The summed E-state index contributed by atoms with van der Waals surface area (Å²) in [6.45, 7) is 10.2. The Bertz CT molecular complexity index is 78.6. The molecule has 0 aliphatic carbocycles. The Labute approximate surface area is 59.2 Å². The summed E-state index contributed by atoms with van der Waals surface area (Å²) in [5.74, 6) is 0. The van der Waals surface area contributed by atoms with Gasteiger partial charge in [-0.25, -0.2) is 0 Å². The molecule has 0 rings (SSSR count). The highest BCUT2D eigenvalue weighted by Gasteiger charge is 1.81. The Morgan fingerprint density at radius 3 is 1.33 bits per heavy atom. The maximum Gasteiger partial charge on any atom is 0.00587 e. The van der Waals surface area contributed by atoms with Crippen molar-refractivity contribution in [2.45, 2.75) is 34.6 Å². The minimum absolute atomic E-state index is 1.26. The van der Waals surface area contributed by atoms with Crippen LogP contribution in [-0.2, 0) is 0 Å². The smallest absolute Gasteiger partial charge is 0.00587 e. The highest BCUT2D eigenvalue weighted by Crippen LogP contribution is 1.94. The summed E-state index contributed by atoms with van der Waals surface area (Å²) in [4.78, 5) is 0. The van der Waals surface area contributed by atoms with E-state index in [1.54, 1.807) is 0 Å². The van der Waals surface area contributed by atoms with Crippen molar-refractivity contribution >= 4 is 0 Å². The van der Waals surface area contributed by atoms with Crippen LogP contribution in [0.5, 0.6) is 0 Å². The normalized spacial score (nSPS) is 6.89. The van der Waals surface area contributed by atoms with Crippen LogP contribution in [0, 0.1) is 0 Å². The molecule has 0 aromatic rings. The lowest BCUT2D eigenvalue weighted by Gasteiger charge is -1.98. The zero-order valence-electron chi connectivity index (χ0n) is 7.50. The van der Waals surface area contributed by atoms with Crippen LogP contribution < -0.4 is 5.32 Å². The van der Waals surface area contributed by atoms with Gasteiger partial charge in [0.25, 0.3) is 0 Å². The average Bonchev–Trinajstić information content (AvgIpc) is 1.91. The van der Waals surface area contributed by atoms with Gasteiger partial charge in [0.05, 0.1) is 0 Å². The summed E-state index contributed by atoms with van der Waals surface area (Å²) >= 11 is 0. The molecule has 0 bridgehead atoms. The highest BCUT2D eigenvalue weighted by molar-refractivity contribution is 5.03. The van der Waals surface area contributed by atoms with Gasteiger partial charge < -0.3 is 5.32 Å². The van der Waals surface area contributed by atoms with Crippen molar-refractivity contribution in [3.8, 4) is 0 Å². The molecule has 0 atom stereocenters. The van der Waals surface area contributed by atoms with E-state index in [1.807, 2.05) is 20.9 Å². The fourth-order valence-electron chi connectivity index (χ4n) is 0.250. The fraction of sp³-hybridized carbons (Fsp3) is 0.750. The first kappa shape index (κ1) is 11.4. The van der Waals surface area contributed by atoms with E-state index in [0.29, 0.717) is 0 Å². The molecule has 0 spiro atoms. The van der Waals surface area contributed by atoms with E-state index >= 15 is 0 Å². The van der Waals surface area contributed by atoms with Crippen molar-refractivity contribution in [3.63, 3.8) is 0 Å². The Balaban J connectivity index is 0. The summed E-state index contributed by atoms with van der Waals surface area (Å²) in [5.41, 5.74) is 2.61. The number of hydrogen-bond acceptors (Lipinski definition) is 1. The van der Waals surface area contributed by atoms with Crippen molar-refractivity contribution < 1.29 is 0 Å². The van der Waals surface area contributed by atoms with Gasteiger partial charge in [-0.2, -0.15) is 0 Å². The van der Waals surface area contributed by atoms with Crippen molar-refractivity contribution in [1.29, 1.82) is 0 Å². The van der Waals surface area contributed by atoms with E-state index in [2.05, 4.69) is 26.1 Å². The quantitative estimate of drug-likeness (QED) is 0.573. The van der Waals surface area contributed by atoms with Crippen LogP contribution in [0.15, 0.2) is 11.3 Å². The first-order chi connectivity index (χ1) is 4.18. The second kappa shape index (κ2) is 7.54. The molecule has 0 aromatic carbocycles. The maximum absolute atomic E-state index is 3.04. The lowest BCUT2D eigenvalue weighted by molar-refractivity contribution is 0.957. The zero-order valence-corrected chi connectivity index (χ0v) is 7.50. The standard InChI is InChI=1S/C6H13N.C2H6/c1-5(2)6(3)7-4;1-2/h7H,1-4H3;1-2H3. The molecule has 0 unspecified atom stereocenters. The van der Waals surface area contributed by atoms with E-state index in [0.717, 1.165) is 0 Å². The lowest BCUT2D eigenvalue weighted by atomic mass is 10.3. The van der Waals surface area contributed by atoms with Gasteiger partial charge in [0.15, 0.2) is 0 Å². The van der Waals surface area contributed by atoms with Gasteiger partial charge in [0.1, 0.15) is 0 Å². The van der Waals surface area contributed by atoms with Gasteiger partial charge in [-0.1, -0.05) is 19.4 Å². The van der Waals surface area contributed by atoms with Gasteiger partial charge in [-0.3, -0.25) is 0 Å². The molecular formula is C8H19N. The first-order valence-corrected chi connectivity index (χ1v) is 3.50.